The second-order valence-corrected chi connectivity index (χ2v) is 8.25. The molecule has 9 heteroatoms. The van der Waals surface area contributed by atoms with E-state index in [0.717, 1.165) is 0 Å². The maximum Gasteiger partial charge on any atom is 0.357 e. The summed E-state index contributed by atoms with van der Waals surface area (Å²) in [7, 11) is 1.26. The van der Waals surface area contributed by atoms with Gasteiger partial charge in [0.2, 0.25) is 0 Å². The van der Waals surface area contributed by atoms with Gasteiger partial charge in [0.25, 0.3) is 11.4 Å². The fourth-order valence-electron chi connectivity index (χ4n) is 2.82. The van der Waals surface area contributed by atoms with Gasteiger partial charge in [-0.25, -0.2) is 4.79 Å². The maximum atomic E-state index is 12.3. The summed E-state index contributed by atoms with van der Waals surface area (Å²) in [6, 6.07) is 0. The van der Waals surface area contributed by atoms with Gasteiger partial charge in [0.15, 0.2) is 11.5 Å². The third-order valence-electron chi connectivity index (χ3n) is 3.92. The third-order valence-corrected chi connectivity index (χ3v) is 8.62. The van der Waals surface area contributed by atoms with E-state index in [2.05, 4.69) is 63.7 Å². The first-order valence-electron chi connectivity index (χ1n) is 6.32. The summed E-state index contributed by atoms with van der Waals surface area (Å²) in [6.45, 7) is 0. The van der Waals surface area contributed by atoms with Gasteiger partial charge in [-0.2, -0.15) is 0 Å². The van der Waals surface area contributed by atoms with Gasteiger partial charge in [-0.3, -0.25) is 0 Å². The largest absolute Gasteiger partial charge is 0.466 e. The Balaban J connectivity index is 2.24. The van der Waals surface area contributed by atoms with E-state index in [4.69, 9.17) is 14.2 Å². The summed E-state index contributed by atoms with van der Waals surface area (Å²) in [5, 5.41) is 10.9. The number of hydrogen-bond donors (Lipinski definition) is 1. The maximum absolute atomic E-state index is 12.3. The highest BCUT2D eigenvalue weighted by molar-refractivity contribution is 9.15. The number of aliphatic hydroxyl groups is 1. The number of methoxy groups -OCH3 is 1. The average molecular weight is 566 g/mol. The molecule has 1 aliphatic heterocycles. The molecule has 1 heterocycles. The van der Waals surface area contributed by atoms with Crippen molar-refractivity contribution in [2.45, 2.75) is 30.7 Å². The van der Waals surface area contributed by atoms with Crippen molar-refractivity contribution in [3.05, 3.63) is 17.9 Å². The Morgan fingerprint density at radius 2 is 1.59 bits per heavy atom. The van der Waals surface area contributed by atoms with Crippen LogP contribution in [-0.4, -0.2) is 29.6 Å². The number of fused-ring (bicyclic) bond motifs is 2. The van der Waals surface area contributed by atoms with E-state index in [1.807, 2.05) is 0 Å². The third kappa shape index (κ3) is 2.12. The molecular weight excluding hydrogens is 556 g/mol. The van der Waals surface area contributed by atoms with Crippen LogP contribution in [-0.2, 0) is 9.53 Å². The Labute approximate surface area is 160 Å². The van der Waals surface area contributed by atoms with Crippen LogP contribution in [0.25, 0.3) is 0 Å². The number of rotatable bonds is 1. The number of hydrogen-bond acceptors (Lipinski definition) is 5. The molecule has 120 valence electrons. The fourth-order valence-corrected chi connectivity index (χ4v) is 5.03. The average Bonchev–Trinajstić information content (AvgIpc) is 2.85. The summed E-state index contributed by atoms with van der Waals surface area (Å²) in [5.74, 6) is -1.76. The molecule has 1 N–H and O–H groups in total. The van der Waals surface area contributed by atoms with Gasteiger partial charge in [0.05, 0.1) is 25.0 Å². The summed E-state index contributed by atoms with van der Waals surface area (Å²) in [5.41, 5.74) is -1.57. The molecule has 0 spiro atoms. The summed E-state index contributed by atoms with van der Waals surface area (Å²) in [4.78, 5) is 12.3. The van der Waals surface area contributed by atoms with Crippen LogP contribution in [0.2, 0.25) is 0 Å². The highest BCUT2D eigenvalue weighted by Gasteiger charge is 2.68. The minimum Gasteiger partial charge on any atom is -0.466 e. The molecule has 1 aliphatic carbocycles. The van der Waals surface area contributed by atoms with Gasteiger partial charge in [0, 0.05) is 12.8 Å². The SMILES string of the molecule is COC(=O)[C@@]12CCC[C@]1(O)Oc1c(Br)c(Br)c(Br)c(Br)c1O2. The quantitative estimate of drug-likeness (QED) is 0.313. The number of benzene rings is 1. The second kappa shape index (κ2) is 5.61. The van der Waals surface area contributed by atoms with Gasteiger partial charge in [-0.05, 0) is 70.1 Å². The molecule has 5 nitrogen and oxygen atoms in total. The number of ether oxygens (including phenoxy) is 3. The van der Waals surface area contributed by atoms with Crippen molar-refractivity contribution >= 4 is 69.7 Å². The number of esters is 1. The Morgan fingerprint density at radius 1 is 1.05 bits per heavy atom. The zero-order chi connectivity index (χ0) is 16.3. The van der Waals surface area contributed by atoms with E-state index in [0.29, 0.717) is 42.2 Å². The standard InChI is InChI=1S/C13H10Br4O5/c1-20-11(18)12-3-2-4-13(12,19)22-10-8(17)6(15)5(14)7(16)9(10)21-12/h19H,2-4H2,1H3/t12-,13-/m0/s1. The minimum absolute atomic E-state index is 0.277. The molecule has 1 saturated carbocycles. The normalized spacial score (nSPS) is 29.2. The Hall–Kier alpha value is 0.170. The Morgan fingerprint density at radius 3 is 2.14 bits per heavy atom. The van der Waals surface area contributed by atoms with Gasteiger partial charge in [0.1, 0.15) is 0 Å². The minimum atomic E-state index is -1.76. The van der Waals surface area contributed by atoms with E-state index >= 15 is 0 Å². The second-order valence-electron chi connectivity index (χ2n) is 5.07. The number of halogens is 4. The van der Waals surface area contributed by atoms with E-state index < -0.39 is 17.4 Å². The molecule has 2 aliphatic rings. The van der Waals surface area contributed by atoms with Gasteiger partial charge < -0.3 is 19.3 Å². The zero-order valence-corrected chi connectivity index (χ0v) is 17.6. The van der Waals surface area contributed by atoms with Gasteiger partial charge >= 0.3 is 5.97 Å². The number of carbonyl (C=O) groups excluding carboxylic acids is 1. The first kappa shape index (κ1) is 17.0. The molecule has 1 aromatic carbocycles. The lowest BCUT2D eigenvalue weighted by molar-refractivity contribution is -0.250. The van der Waals surface area contributed by atoms with Gasteiger partial charge in [-0.1, -0.05) is 0 Å². The van der Waals surface area contributed by atoms with Crippen LogP contribution in [0.15, 0.2) is 17.9 Å². The predicted octanol–water partition coefficient (Wildman–Crippen LogP) is 4.29. The molecule has 0 unspecified atom stereocenters. The monoisotopic (exact) mass is 562 g/mol. The summed E-state index contributed by atoms with van der Waals surface area (Å²) < 4.78 is 19.2. The van der Waals surface area contributed by atoms with Crippen LogP contribution in [0.3, 0.4) is 0 Å². The molecule has 0 radical (unpaired) electrons. The van der Waals surface area contributed by atoms with E-state index in [1.54, 1.807) is 0 Å². The molecule has 0 amide bonds. The molecule has 22 heavy (non-hydrogen) atoms. The first-order chi connectivity index (χ1) is 10.3. The van der Waals surface area contributed by atoms with E-state index in [9.17, 15) is 9.90 Å². The Kier molecular flexibility index (Phi) is 4.34. The van der Waals surface area contributed by atoms with Crippen LogP contribution < -0.4 is 9.47 Å². The van der Waals surface area contributed by atoms with Crippen LogP contribution in [0.4, 0.5) is 0 Å². The van der Waals surface area contributed by atoms with Crippen molar-refractivity contribution in [1.82, 2.24) is 0 Å². The lowest BCUT2D eigenvalue weighted by Gasteiger charge is -2.44. The van der Waals surface area contributed by atoms with Crippen molar-refractivity contribution in [2.24, 2.45) is 0 Å². The van der Waals surface area contributed by atoms with Crippen LogP contribution in [0.1, 0.15) is 19.3 Å². The first-order valence-corrected chi connectivity index (χ1v) is 9.49. The fraction of sp³-hybridized carbons (Fsp3) is 0.462. The zero-order valence-electron chi connectivity index (χ0n) is 11.2. The molecule has 2 atom stereocenters. The molecule has 0 bridgehead atoms. The smallest absolute Gasteiger partial charge is 0.357 e. The molecule has 1 fully saturated rings. The summed E-state index contributed by atoms with van der Waals surface area (Å²) >= 11 is 13.7. The highest BCUT2D eigenvalue weighted by Crippen LogP contribution is 2.58. The highest BCUT2D eigenvalue weighted by atomic mass is 79.9. The lowest BCUT2D eigenvalue weighted by atomic mass is 9.94. The van der Waals surface area contributed by atoms with Crippen LogP contribution in [0.5, 0.6) is 11.5 Å². The molecule has 3 rings (SSSR count). The van der Waals surface area contributed by atoms with Crippen molar-refractivity contribution in [2.75, 3.05) is 7.11 Å². The number of carbonyl (C=O) groups is 1. The summed E-state index contributed by atoms with van der Waals surface area (Å²) in [6.07, 6.45) is 1.17. The molecular formula is C13H10Br4O5. The van der Waals surface area contributed by atoms with E-state index in [-0.39, 0.29) is 6.42 Å². The molecule has 0 aromatic heterocycles. The Bertz CT molecular complexity index is 679. The van der Waals surface area contributed by atoms with E-state index in [1.165, 1.54) is 7.11 Å². The molecule has 1 aromatic rings. The lowest BCUT2D eigenvalue weighted by Crippen LogP contribution is -2.64. The van der Waals surface area contributed by atoms with Crippen LogP contribution in [0, 0.1) is 0 Å². The van der Waals surface area contributed by atoms with Crippen molar-refractivity contribution in [1.29, 1.82) is 0 Å². The predicted molar refractivity (Wildman–Crippen MR) is 92.0 cm³/mol. The van der Waals surface area contributed by atoms with Crippen molar-refractivity contribution in [3.63, 3.8) is 0 Å². The van der Waals surface area contributed by atoms with Gasteiger partial charge in [-0.15, -0.1) is 0 Å². The molecule has 0 saturated heterocycles. The topological polar surface area (TPSA) is 65.0 Å². The van der Waals surface area contributed by atoms with Crippen molar-refractivity contribution < 1.29 is 24.1 Å². The van der Waals surface area contributed by atoms with Crippen molar-refractivity contribution in [3.8, 4) is 11.5 Å². The van der Waals surface area contributed by atoms with Crippen LogP contribution >= 0.6 is 63.7 Å².